The summed E-state index contributed by atoms with van der Waals surface area (Å²) < 4.78 is 15.6. The maximum atomic E-state index is 12.2. The topological polar surface area (TPSA) is 81.5 Å². The molecule has 8 heteroatoms. The van der Waals surface area contributed by atoms with Crippen LogP contribution in [-0.4, -0.2) is 77.4 Å². The first-order chi connectivity index (χ1) is 12.0. The fourth-order valence-corrected chi connectivity index (χ4v) is 2.64. The molecule has 1 saturated heterocycles. The fourth-order valence-electron chi connectivity index (χ4n) is 2.64. The van der Waals surface area contributed by atoms with Crippen LogP contribution in [0.4, 0.5) is 5.69 Å². The molecule has 1 aromatic rings. The largest absolute Gasteiger partial charge is 0.493 e. The van der Waals surface area contributed by atoms with Gasteiger partial charge in [0.15, 0.2) is 24.6 Å². The van der Waals surface area contributed by atoms with Gasteiger partial charge in [-0.05, 0) is 12.1 Å². The highest BCUT2D eigenvalue weighted by atomic mass is 16.5. The minimum Gasteiger partial charge on any atom is -0.493 e. The average Bonchev–Trinajstić information content (AvgIpc) is 2.62. The molecule has 0 aromatic heterocycles. The van der Waals surface area contributed by atoms with Gasteiger partial charge >= 0.3 is 0 Å². The van der Waals surface area contributed by atoms with Gasteiger partial charge < -0.3 is 29.3 Å². The molecule has 2 rings (SSSR count). The Bertz CT molecular complexity index is 602. The molecule has 2 N–H and O–H groups in total. The highest BCUT2D eigenvalue weighted by Gasteiger charge is 2.21. The molecule has 0 radical (unpaired) electrons. The van der Waals surface area contributed by atoms with Gasteiger partial charge in [0, 0.05) is 24.8 Å². The highest BCUT2D eigenvalue weighted by molar-refractivity contribution is 5.92. The summed E-state index contributed by atoms with van der Waals surface area (Å²) in [4.78, 5) is 27.0. The van der Waals surface area contributed by atoms with Crippen molar-refractivity contribution in [3.05, 3.63) is 18.2 Å². The first-order valence-electron chi connectivity index (χ1n) is 8.22. The van der Waals surface area contributed by atoms with E-state index >= 15 is 0 Å². The van der Waals surface area contributed by atoms with Crippen molar-refractivity contribution in [3.63, 3.8) is 0 Å². The average molecular weight is 352 g/mol. The minimum absolute atomic E-state index is 0.0414. The van der Waals surface area contributed by atoms with E-state index in [9.17, 15) is 9.59 Å². The summed E-state index contributed by atoms with van der Waals surface area (Å²) in [5.41, 5.74) is 0.620. The number of hydrogen-bond donors (Lipinski definition) is 2. The SMILES string of the molecule is COc1ccc(NC(=O)C[NH+](C)CC(=O)N2CCOCC2)cc1OC. The van der Waals surface area contributed by atoms with Crippen LogP contribution in [0.5, 0.6) is 11.5 Å². The van der Waals surface area contributed by atoms with Crippen molar-refractivity contribution in [3.8, 4) is 11.5 Å². The van der Waals surface area contributed by atoms with Gasteiger partial charge in [0.2, 0.25) is 0 Å². The second-order valence-electron chi connectivity index (χ2n) is 5.92. The third-order valence-corrected chi connectivity index (χ3v) is 3.95. The molecule has 1 heterocycles. The van der Waals surface area contributed by atoms with E-state index in [0.29, 0.717) is 43.5 Å². The predicted octanol–water partition coefficient (Wildman–Crippen LogP) is -0.984. The molecular weight excluding hydrogens is 326 g/mol. The number of nitrogens with zero attached hydrogens (tertiary/aromatic N) is 1. The van der Waals surface area contributed by atoms with Gasteiger partial charge in [-0.2, -0.15) is 0 Å². The summed E-state index contributed by atoms with van der Waals surface area (Å²) in [6, 6.07) is 5.17. The van der Waals surface area contributed by atoms with Crippen LogP contribution >= 0.6 is 0 Å². The zero-order chi connectivity index (χ0) is 18.2. The number of ether oxygens (including phenoxy) is 3. The van der Waals surface area contributed by atoms with Crippen LogP contribution in [0.15, 0.2) is 18.2 Å². The molecule has 1 atom stereocenters. The molecule has 0 bridgehead atoms. The van der Waals surface area contributed by atoms with Gasteiger partial charge in [0.25, 0.3) is 11.8 Å². The van der Waals surface area contributed by atoms with E-state index in [4.69, 9.17) is 14.2 Å². The van der Waals surface area contributed by atoms with E-state index in [-0.39, 0.29) is 24.9 Å². The van der Waals surface area contributed by atoms with Gasteiger partial charge in [-0.25, -0.2) is 0 Å². The number of nitrogens with one attached hydrogen (secondary N) is 2. The molecule has 2 amide bonds. The van der Waals surface area contributed by atoms with Gasteiger partial charge in [-0.3, -0.25) is 9.59 Å². The number of carbonyl (C=O) groups excluding carboxylic acids is 2. The van der Waals surface area contributed by atoms with E-state index < -0.39 is 0 Å². The number of hydrogen-bond acceptors (Lipinski definition) is 5. The Morgan fingerprint density at radius 1 is 1.16 bits per heavy atom. The summed E-state index contributed by atoms with van der Waals surface area (Å²) in [7, 11) is 4.92. The lowest BCUT2D eigenvalue weighted by molar-refractivity contribution is -0.862. The maximum Gasteiger partial charge on any atom is 0.279 e. The smallest absolute Gasteiger partial charge is 0.279 e. The normalized spacial score (nSPS) is 15.4. The Kier molecular flexibility index (Phi) is 7.03. The monoisotopic (exact) mass is 352 g/mol. The number of methoxy groups -OCH3 is 2. The quantitative estimate of drug-likeness (QED) is 0.659. The second kappa shape index (κ2) is 9.24. The summed E-state index contributed by atoms with van der Waals surface area (Å²) in [6.45, 7) is 2.85. The molecule has 8 nitrogen and oxygen atoms in total. The number of likely N-dealkylation sites (N-methyl/N-ethyl adjacent to an activating group) is 1. The van der Waals surface area contributed by atoms with Crippen LogP contribution in [0.2, 0.25) is 0 Å². The first kappa shape index (κ1) is 19.0. The zero-order valence-electron chi connectivity index (χ0n) is 15.0. The lowest BCUT2D eigenvalue weighted by Crippen LogP contribution is -3.11. The van der Waals surface area contributed by atoms with Gasteiger partial charge in [-0.1, -0.05) is 0 Å². The van der Waals surface area contributed by atoms with Crippen molar-refractivity contribution in [2.75, 3.05) is 66.0 Å². The van der Waals surface area contributed by atoms with Gasteiger partial charge in [0.05, 0.1) is 34.5 Å². The number of benzene rings is 1. The Balaban J connectivity index is 1.83. The van der Waals surface area contributed by atoms with Crippen molar-refractivity contribution in [1.29, 1.82) is 0 Å². The molecule has 1 aliphatic heterocycles. The number of rotatable bonds is 7. The van der Waals surface area contributed by atoms with E-state index in [1.165, 1.54) is 0 Å². The van der Waals surface area contributed by atoms with Crippen molar-refractivity contribution in [1.82, 2.24) is 4.90 Å². The van der Waals surface area contributed by atoms with Crippen LogP contribution in [-0.2, 0) is 14.3 Å². The summed E-state index contributed by atoms with van der Waals surface area (Å²) in [5.74, 6) is 1.02. The van der Waals surface area contributed by atoms with Gasteiger partial charge in [-0.15, -0.1) is 0 Å². The first-order valence-corrected chi connectivity index (χ1v) is 8.22. The molecule has 138 valence electrons. The molecule has 1 fully saturated rings. The third-order valence-electron chi connectivity index (χ3n) is 3.95. The summed E-state index contributed by atoms with van der Waals surface area (Å²) in [6.07, 6.45) is 0. The number of morpholine rings is 1. The van der Waals surface area contributed by atoms with Crippen LogP contribution < -0.4 is 19.7 Å². The molecule has 0 aliphatic carbocycles. The van der Waals surface area contributed by atoms with Crippen molar-refractivity contribution < 1.29 is 28.7 Å². The Morgan fingerprint density at radius 2 is 1.84 bits per heavy atom. The van der Waals surface area contributed by atoms with E-state index in [0.717, 1.165) is 4.90 Å². The number of quaternary nitrogens is 1. The minimum atomic E-state index is -0.167. The standard InChI is InChI=1S/C17H25N3O5/c1-19(12-17(22)20-6-8-25-9-7-20)11-16(21)18-13-4-5-14(23-2)15(10-13)24-3/h4-5,10H,6-9,11-12H2,1-3H3,(H,18,21)/p+1. The van der Waals surface area contributed by atoms with Crippen molar-refractivity contribution >= 4 is 17.5 Å². The van der Waals surface area contributed by atoms with Crippen LogP contribution in [0.1, 0.15) is 0 Å². The molecule has 1 unspecified atom stereocenters. The van der Waals surface area contributed by atoms with Crippen LogP contribution in [0.3, 0.4) is 0 Å². The Morgan fingerprint density at radius 3 is 2.48 bits per heavy atom. The lowest BCUT2D eigenvalue weighted by Gasteiger charge is -2.27. The molecular formula is C17H26N3O5+. The van der Waals surface area contributed by atoms with E-state index in [1.54, 1.807) is 37.3 Å². The van der Waals surface area contributed by atoms with Gasteiger partial charge in [0.1, 0.15) is 0 Å². The Labute approximate surface area is 147 Å². The predicted molar refractivity (Wildman–Crippen MR) is 92.2 cm³/mol. The highest BCUT2D eigenvalue weighted by Crippen LogP contribution is 2.29. The number of anilines is 1. The lowest BCUT2D eigenvalue weighted by atomic mass is 10.2. The van der Waals surface area contributed by atoms with E-state index in [2.05, 4.69) is 5.32 Å². The second-order valence-corrected chi connectivity index (χ2v) is 5.92. The zero-order valence-corrected chi connectivity index (χ0v) is 15.0. The third kappa shape index (κ3) is 5.61. The summed E-state index contributed by atoms with van der Waals surface area (Å²) >= 11 is 0. The van der Waals surface area contributed by atoms with Crippen molar-refractivity contribution in [2.45, 2.75) is 0 Å². The summed E-state index contributed by atoms with van der Waals surface area (Å²) in [5, 5.41) is 2.81. The molecule has 25 heavy (non-hydrogen) atoms. The van der Waals surface area contributed by atoms with Crippen molar-refractivity contribution in [2.24, 2.45) is 0 Å². The van der Waals surface area contributed by atoms with Crippen LogP contribution in [0.25, 0.3) is 0 Å². The Hall–Kier alpha value is -2.32. The van der Waals surface area contributed by atoms with E-state index in [1.807, 2.05) is 7.05 Å². The maximum absolute atomic E-state index is 12.2. The molecule has 1 aliphatic rings. The number of amides is 2. The van der Waals surface area contributed by atoms with Crippen LogP contribution in [0, 0.1) is 0 Å². The molecule has 1 aromatic carbocycles. The molecule has 0 saturated carbocycles. The fraction of sp³-hybridized carbons (Fsp3) is 0.529. The molecule has 0 spiro atoms. The number of carbonyl (C=O) groups is 2.